The fourth-order valence-corrected chi connectivity index (χ4v) is 21.5. The minimum atomic E-state index is -4.65. The van der Waals surface area contributed by atoms with Crippen LogP contribution in [0.5, 0.6) is 5.75 Å². The van der Waals surface area contributed by atoms with Crippen LogP contribution in [0.2, 0.25) is 0 Å². The Kier molecular flexibility index (Phi) is 10.4. The van der Waals surface area contributed by atoms with Gasteiger partial charge in [0, 0.05) is 0 Å². The Morgan fingerprint density at radius 2 is 1.20 bits per heavy atom. The summed E-state index contributed by atoms with van der Waals surface area (Å²) < 4.78 is 12.0. The van der Waals surface area contributed by atoms with Crippen molar-refractivity contribution in [3.05, 3.63) is 103 Å². The van der Waals surface area contributed by atoms with E-state index < -0.39 is 15.2 Å². The molecule has 1 aliphatic rings. The first-order valence-electron chi connectivity index (χ1n) is 14.0. The van der Waals surface area contributed by atoms with Crippen molar-refractivity contribution in [3.63, 3.8) is 0 Å². The van der Waals surface area contributed by atoms with Crippen LogP contribution in [0.15, 0.2) is 80.9 Å². The van der Waals surface area contributed by atoms with Gasteiger partial charge >= 0.3 is 239 Å². The van der Waals surface area contributed by atoms with Crippen LogP contribution in [0.3, 0.4) is 0 Å². The van der Waals surface area contributed by atoms with Gasteiger partial charge in [-0.2, -0.15) is 0 Å². The van der Waals surface area contributed by atoms with Crippen molar-refractivity contribution in [2.45, 2.75) is 67.7 Å². The molecule has 6 heteroatoms. The van der Waals surface area contributed by atoms with E-state index in [1.807, 2.05) is 0 Å². The molecular weight excluding hydrogens is 599 g/mol. The van der Waals surface area contributed by atoms with E-state index in [2.05, 4.69) is 123 Å². The SMILES string of the molecule is Cl.Cl.[CH2]=[Ti]([O]c1c(C)c(C)c(C)c(C(C)(C)C)c1[SiH3])([C]1=C([SiH3])C(C)=C(C)C1C)([c]1ccccc1)[c]1ccccc1. The van der Waals surface area contributed by atoms with Gasteiger partial charge in [-0.1, -0.05) is 0 Å². The third-order valence-corrected chi connectivity index (χ3v) is 21.6. The fourth-order valence-electron chi connectivity index (χ4n) is 7.27. The molecule has 0 bridgehead atoms. The van der Waals surface area contributed by atoms with Crippen LogP contribution in [0.4, 0.5) is 0 Å². The van der Waals surface area contributed by atoms with Crippen LogP contribution < -0.4 is 16.2 Å². The molecule has 0 heterocycles. The van der Waals surface area contributed by atoms with E-state index in [-0.39, 0.29) is 30.2 Å². The fraction of sp³-hybridized carbons (Fsp3) is 0.324. The molecule has 0 amide bonds. The predicted octanol–water partition coefficient (Wildman–Crippen LogP) is 5.37. The van der Waals surface area contributed by atoms with Gasteiger partial charge in [0.2, 0.25) is 0 Å². The molecule has 1 atom stereocenters. The molecule has 1 nitrogen and oxygen atoms in total. The van der Waals surface area contributed by atoms with Gasteiger partial charge in [-0.3, -0.25) is 0 Å². The van der Waals surface area contributed by atoms with E-state index >= 15 is 0 Å². The number of hydrogen-bond acceptors (Lipinski definition) is 1. The average Bonchev–Trinajstić information content (AvgIpc) is 3.08. The first-order chi connectivity index (χ1) is 17.7. The van der Waals surface area contributed by atoms with Crippen LogP contribution in [-0.4, -0.2) is 25.3 Å². The van der Waals surface area contributed by atoms with E-state index in [9.17, 15) is 0 Å². The van der Waals surface area contributed by atoms with Crippen LogP contribution in [0.25, 0.3) is 0 Å². The summed E-state index contributed by atoms with van der Waals surface area (Å²) in [5.74, 6) is 1.41. The summed E-state index contributed by atoms with van der Waals surface area (Å²) in [6.45, 7) is 20.9. The zero-order valence-corrected chi connectivity index (χ0v) is 33.5. The van der Waals surface area contributed by atoms with E-state index in [0.29, 0.717) is 5.92 Å². The van der Waals surface area contributed by atoms with Crippen molar-refractivity contribution in [1.29, 1.82) is 0 Å². The van der Waals surface area contributed by atoms with Gasteiger partial charge < -0.3 is 0 Å². The van der Waals surface area contributed by atoms with E-state index in [4.69, 9.17) is 8.14 Å². The Hall–Kier alpha value is -1.46. The Morgan fingerprint density at radius 1 is 0.750 bits per heavy atom. The van der Waals surface area contributed by atoms with Crippen LogP contribution in [-0.2, 0) is 20.6 Å². The van der Waals surface area contributed by atoms with Gasteiger partial charge in [0.1, 0.15) is 0 Å². The molecule has 0 saturated heterocycles. The summed E-state index contributed by atoms with van der Waals surface area (Å²) >= 11 is -4.65. The molecule has 3 aromatic carbocycles. The maximum atomic E-state index is 7.97. The molecule has 1 unspecified atom stereocenters. The topological polar surface area (TPSA) is 9.23 Å². The molecule has 0 spiro atoms. The van der Waals surface area contributed by atoms with Crippen molar-refractivity contribution >= 4 is 63.0 Å². The molecule has 0 saturated carbocycles. The number of hydrogen-bond donors (Lipinski definition) is 0. The molecule has 3 aromatic rings. The molecular formula is C34H48Cl2OSi2Ti. The molecule has 40 heavy (non-hydrogen) atoms. The van der Waals surface area contributed by atoms with E-state index in [0.717, 1.165) is 26.2 Å². The second-order valence-electron chi connectivity index (χ2n) is 12.7. The average molecular weight is 648 g/mol. The van der Waals surface area contributed by atoms with Crippen molar-refractivity contribution in [1.82, 2.24) is 0 Å². The van der Waals surface area contributed by atoms with Gasteiger partial charge in [-0.15, -0.1) is 24.8 Å². The summed E-state index contributed by atoms with van der Waals surface area (Å²) in [6.07, 6.45) is 0. The number of allylic oxidation sites excluding steroid dienone is 4. The van der Waals surface area contributed by atoms with Gasteiger partial charge in [0.05, 0.1) is 0 Å². The van der Waals surface area contributed by atoms with Gasteiger partial charge in [-0.25, -0.2) is 0 Å². The molecule has 0 N–H and O–H groups in total. The summed E-state index contributed by atoms with van der Waals surface area (Å²) in [5.41, 5.74) is 8.44. The predicted molar refractivity (Wildman–Crippen MR) is 188 cm³/mol. The van der Waals surface area contributed by atoms with Crippen molar-refractivity contribution in [2.75, 3.05) is 0 Å². The third kappa shape index (κ3) is 5.16. The summed E-state index contributed by atoms with van der Waals surface area (Å²) in [7, 11) is 1.89. The second kappa shape index (κ2) is 12.0. The van der Waals surface area contributed by atoms with Crippen molar-refractivity contribution < 1.29 is 18.5 Å². The summed E-state index contributed by atoms with van der Waals surface area (Å²) in [5, 5.41) is 2.90. The third-order valence-electron chi connectivity index (χ3n) is 9.61. The molecule has 0 radical (unpaired) electrons. The van der Waals surface area contributed by atoms with E-state index in [1.54, 1.807) is 0 Å². The Bertz CT molecular complexity index is 1500. The van der Waals surface area contributed by atoms with Crippen LogP contribution >= 0.6 is 24.8 Å². The van der Waals surface area contributed by atoms with Crippen LogP contribution in [0, 0.1) is 26.7 Å². The van der Waals surface area contributed by atoms with Crippen molar-refractivity contribution in [3.8, 4) is 5.75 Å². The Morgan fingerprint density at radius 3 is 1.57 bits per heavy atom. The number of halogens is 2. The Labute approximate surface area is 262 Å². The first kappa shape index (κ1) is 34.7. The second-order valence-corrected chi connectivity index (χ2v) is 21.9. The molecule has 0 aromatic heterocycles. The zero-order valence-electron chi connectivity index (χ0n) is 26.3. The normalized spacial score (nSPS) is 16.2. The molecule has 1 aliphatic carbocycles. The zero-order chi connectivity index (χ0) is 28.2. The summed E-state index contributed by atoms with van der Waals surface area (Å²) in [4.78, 5) is 5.44. The van der Waals surface area contributed by atoms with Gasteiger partial charge in [-0.05, 0) is 0 Å². The standard InChI is InChI=1S/C13H22OSi.C8H13Si.2C6H5.CH2.2ClH.Ti/c1-7-8(2)10(13(4,5)6)12(15)11(14)9(7)3;1-5-4-8(9)7(3)6(5)2;2*1-2-4-6-5-3-1;;;;/h14H,1-6,15H3;5H,1-3,9H3;2*1-5H;1H2;2*1H;/q;;;;;;;+1/p-1. The summed E-state index contributed by atoms with van der Waals surface area (Å²) in [6, 6.07) is 22.1. The number of benzene rings is 3. The maximum absolute atomic E-state index is 7.97. The first-order valence-corrected chi connectivity index (χ1v) is 20.1. The molecule has 0 aliphatic heterocycles. The molecule has 4 rings (SSSR count). The van der Waals surface area contributed by atoms with Gasteiger partial charge in [0.25, 0.3) is 0 Å². The quantitative estimate of drug-likeness (QED) is 0.339. The molecule has 216 valence electrons. The minimum absolute atomic E-state index is 0. The number of rotatable bonds is 5. The van der Waals surface area contributed by atoms with Crippen molar-refractivity contribution in [2.24, 2.45) is 5.92 Å². The van der Waals surface area contributed by atoms with Gasteiger partial charge in [0.15, 0.2) is 0 Å². The Balaban J connectivity index is 0.00000280. The van der Waals surface area contributed by atoms with Crippen LogP contribution in [0.1, 0.15) is 63.8 Å². The monoisotopic (exact) mass is 646 g/mol. The molecule has 0 fully saturated rings. The van der Waals surface area contributed by atoms with E-state index in [1.165, 1.54) is 55.4 Å².